The Morgan fingerprint density at radius 3 is 3.07 bits per heavy atom. The van der Waals surface area contributed by atoms with Crippen LogP contribution in [0.1, 0.15) is 19.3 Å². The first-order valence-electron chi connectivity index (χ1n) is 5.30. The summed E-state index contributed by atoms with van der Waals surface area (Å²) in [6.45, 7) is 3.09. The summed E-state index contributed by atoms with van der Waals surface area (Å²) in [6.07, 6.45) is 2.82. The van der Waals surface area contributed by atoms with Crippen LogP contribution in [0.2, 0.25) is 0 Å². The van der Waals surface area contributed by atoms with Gasteiger partial charge in [0, 0.05) is 33.2 Å². The molecule has 82 valence electrons. The molecule has 0 saturated carbocycles. The highest BCUT2D eigenvalue weighted by Crippen LogP contribution is 2.15. The molecular formula is C10H20N2O2. The highest BCUT2D eigenvalue weighted by molar-refractivity contribution is 5.75. The minimum absolute atomic E-state index is 0.0936. The Morgan fingerprint density at radius 1 is 1.64 bits per heavy atom. The zero-order chi connectivity index (χ0) is 10.4. The fourth-order valence-corrected chi connectivity index (χ4v) is 1.89. The van der Waals surface area contributed by atoms with Gasteiger partial charge in [-0.25, -0.2) is 0 Å². The predicted molar refractivity (Wildman–Crippen MR) is 54.9 cm³/mol. The first kappa shape index (κ1) is 11.5. The van der Waals surface area contributed by atoms with E-state index in [0.717, 1.165) is 32.5 Å². The summed E-state index contributed by atoms with van der Waals surface area (Å²) in [5, 5.41) is 11.6. The van der Waals surface area contributed by atoms with Gasteiger partial charge >= 0.3 is 0 Å². The van der Waals surface area contributed by atoms with E-state index in [1.807, 2.05) is 0 Å². The van der Waals surface area contributed by atoms with E-state index >= 15 is 0 Å². The molecule has 1 fully saturated rings. The second-order valence-corrected chi connectivity index (χ2v) is 3.91. The number of carbonyl (C=O) groups is 1. The number of piperidine rings is 1. The second kappa shape index (κ2) is 5.98. The number of hydrogen-bond donors (Lipinski definition) is 2. The average molecular weight is 200 g/mol. The smallest absolute Gasteiger partial charge is 0.221 e. The molecule has 0 spiro atoms. The lowest BCUT2D eigenvalue weighted by Crippen LogP contribution is -2.38. The van der Waals surface area contributed by atoms with E-state index in [1.165, 1.54) is 0 Å². The molecular weight excluding hydrogens is 180 g/mol. The van der Waals surface area contributed by atoms with Gasteiger partial charge in [0.05, 0.1) is 0 Å². The van der Waals surface area contributed by atoms with Crippen molar-refractivity contribution in [2.45, 2.75) is 19.3 Å². The van der Waals surface area contributed by atoms with Crippen LogP contribution in [-0.4, -0.2) is 49.2 Å². The highest BCUT2D eigenvalue weighted by atomic mass is 16.3. The molecule has 14 heavy (non-hydrogen) atoms. The fourth-order valence-electron chi connectivity index (χ4n) is 1.89. The first-order valence-corrected chi connectivity index (χ1v) is 5.30. The molecule has 1 rings (SSSR count). The van der Waals surface area contributed by atoms with E-state index < -0.39 is 0 Å². The maximum atomic E-state index is 11.0. The number of nitrogens with one attached hydrogen (secondary N) is 1. The topological polar surface area (TPSA) is 52.6 Å². The Bertz CT molecular complexity index is 185. The monoisotopic (exact) mass is 200 g/mol. The molecule has 0 aromatic heterocycles. The SMILES string of the molecule is CNC(=O)CCN1CCCC(CO)C1. The quantitative estimate of drug-likeness (QED) is 0.662. The molecule has 1 unspecified atom stereocenters. The highest BCUT2D eigenvalue weighted by Gasteiger charge is 2.18. The molecule has 0 bridgehead atoms. The molecule has 2 N–H and O–H groups in total. The zero-order valence-corrected chi connectivity index (χ0v) is 8.83. The number of aliphatic hydroxyl groups is 1. The number of likely N-dealkylation sites (tertiary alicyclic amines) is 1. The number of rotatable bonds is 4. The van der Waals surface area contributed by atoms with Gasteiger partial charge in [-0.2, -0.15) is 0 Å². The first-order chi connectivity index (χ1) is 6.76. The van der Waals surface area contributed by atoms with Crippen LogP contribution in [0, 0.1) is 5.92 Å². The van der Waals surface area contributed by atoms with Crippen molar-refractivity contribution >= 4 is 5.91 Å². The number of amides is 1. The molecule has 1 heterocycles. The van der Waals surface area contributed by atoms with E-state index in [0.29, 0.717) is 12.3 Å². The molecule has 1 amide bonds. The third-order valence-electron chi connectivity index (χ3n) is 2.80. The van der Waals surface area contributed by atoms with E-state index in [4.69, 9.17) is 5.11 Å². The third-order valence-corrected chi connectivity index (χ3v) is 2.80. The van der Waals surface area contributed by atoms with Crippen LogP contribution in [0.3, 0.4) is 0 Å². The van der Waals surface area contributed by atoms with Gasteiger partial charge in [-0.15, -0.1) is 0 Å². The maximum absolute atomic E-state index is 11.0. The van der Waals surface area contributed by atoms with Crippen molar-refractivity contribution in [2.24, 2.45) is 5.92 Å². The molecule has 1 aliphatic heterocycles. The van der Waals surface area contributed by atoms with Crippen molar-refractivity contribution in [2.75, 3.05) is 33.3 Å². The summed E-state index contributed by atoms with van der Waals surface area (Å²) in [5.41, 5.74) is 0. The Hall–Kier alpha value is -0.610. The average Bonchev–Trinajstić information content (AvgIpc) is 2.26. The van der Waals surface area contributed by atoms with Crippen LogP contribution in [-0.2, 0) is 4.79 Å². The molecule has 1 atom stereocenters. The van der Waals surface area contributed by atoms with Crippen LogP contribution in [0.25, 0.3) is 0 Å². The summed E-state index contributed by atoms with van der Waals surface area (Å²) in [6, 6.07) is 0. The predicted octanol–water partition coefficient (Wildman–Crippen LogP) is -0.173. The van der Waals surface area contributed by atoms with E-state index in [9.17, 15) is 4.79 Å². The summed E-state index contributed by atoms with van der Waals surface area (Å²) in [7, 11) is 1.66. The van der Waals surface area contributed by atoms with Crippen molar-refractivity contribution in [3.8, 4) is 0 Å². The van der Waals surface area contributed by atoms with Crippen molar-refractivity contribution in [1.29, 1.82) is 0 Å². The van der Waals surface area contributed by atoms with Gasteiger partial charge in [-0.05, 0) is 25.3 Å². The number of carbonyl (C=O) groups excluding carboxylic acids is 1. The number of nitrogens with zero attached hydrogens (tertiary/aromatic N) is 1. The van der Waals surface area contributed by atoms with E-state index in [1.54, 1.807) is 7.05 Å². The van der Waals surface area contributed by atoms with Crippen LogP contribution >= 0.6 is 0 Å². The molecule has 0 aromatic rings. The van der Waals surface area contributed by atoms with Gasteiger partial charge in [-0.3, -0.25) is 4.79 Å². The van der Waals surface area contributed by atoms with Gasteiger partial charge in [0.25, 0.3) is 0 Å². The minimum atomic E-state index is 0.0936. The Morgan fingerprint density at radius 2 is 2.43 bits per heavy atom. The fraction of sp³-hybridized carbons (Fsp3) is 0.900. The van der Waals surface area contributed by atoms with Gasteiger partial charge in [0.15, 0.2) is 0 Å². The number of hydrogen-bond acceptors (Lipinski definition) is 3. The van der Waals surface area contributed by atoms with Gasteiger partial charge < -0.3 is 15.3 Å². The zero-order valence-electron chi connectivity index (χ0n) is 8.83. The third kappa shape index (κ3) is 3.64. The molecule has 1 aliphatic rings. The summed E-state index contributed by atoms with van der Waals surface area (Å²) >= 11 is 0. The lowest BCUT2D eigenvalue weighted by atomic mass is 9.99. The van der Waals surface area contributed by atoms with E-state index in [-0.39, 0.29) is 12.5 Å². The lowest BCUT2D eigenvalue weighted by molar-refractivity contribution is -0.121. The summed E-state index contributed by atoms with van der Waals surface area (Å²) < 4.78 is 0. The second-order valence-electron chi connectivity index (χ2n) is 3.91. The maximum Gasteiger partial charge on any atom is 0.221 e. The molecule has 0 radical (unpaired) electrons. The van der Waals surface area contributed by atoms with E-state index in [2.05, 4.69) is 10.2 Å². The van der Waals surface area contributed by atoms with Gasteiger partial charge in [0.2, 0.25) is 5.91 Å². The molecule has 0 aromatic carbocycles. The van der Waals surface area contributed by atoms with Gasteiger partial charge in [0.1, 0.15) is 0 Å². The normalized spacial score (nSPS) is 23.4. The number of aliphatic hydroxyl groups excluding tert-OH is 1. The van der Waals surface area contributed by atoms with Crippen molar-refractivity contribution in [3.05, 3.63) is 0 Å². The summed E-state index contributed by atoms with van der Waals surface area (Å²) in [5.74, 6) is 0.504. The van der Waals surface area contributed by atoms with Crippen LogP contribution in [0.15, 0.2) is 0 Å². The van der Waals surface area contributed by atoms with Crippen LogP contribution in [0.5, 0.6) is 0 Å². The minimum Gasteiger partial charge on any atom is -0.396 e. The van der Waals surface area contributed by atoms with Crippen LogP contribution < -0.4 is 5.32 Å². The van der Waals surface area contributed by atoms with Crippen molar-refractivity contribution < 1.29 is 9.90 Å². The van der Waals surface area contributed by atoms with Crippen molar-refractivity contribution in [3.63, 3.8) is 0 Å². The summed E-state index contributed by atoms with van der Waals surface area (Å²) in [4.78, 5) is 13.3. The lowest BCUT2D eigenvalue weighted by Gasteiger charge is -2.31. The standard InChI is InChI=1S/C10H20N2O2/c1-11-10(14)4-6-12-5-2-3-9(7-12)8-13/h9,13H,2-8H2,1H3,(H,11,14). The molecule has 0 aliphatic carbocycles. The molecule has 1 saturated heterocycles. The Balaban J connectivity index is 2.20. The Labute approximate surface area is 85.3 Å². The van der Waals surface area contributed by atoms with Crippen LogP contribution in [0.4, 0.5) is 0 Å². The van der Waals surface area contributed by atoms with Gasteiger partial charge in [-0.1, -0.05) is 0 Å². The molecule has 4 nitrogen and oxygen atoms in total. The van der Waals surface area contributed by atoms with Crippen molar-refractivity contribution in [1.82, 2.24) is 10.2 Å². The largest absolute Gasteiger partial charge is 0.396 e. The Kier molecular flexibility index (Phi) is 4.90. The molecule has 4 heteroatoms.